The van der Waals surface area contributed by atoms with E-state index in [9.17, 15) is 4.79 Å². The van der Waals surface area contributed by atoms with Crippen LogP contribution in [0.15, 0.2) is 42.7 Å². The number of carbonyl (C=O) groups excluding carboxylic acids is 1. The maximum Gasteiger partial charge on any atom is 0.159 e. The Hall–Kier alpha value is -2.88. The van der Waals surface area contributed by atoms with Crippen LogP contribution in [0.3, 0.4) is 0 Å². The third-order valence-corrected chi connectivity index (χ3v) is 5.54. The molecule has 0 atom stereocenters. The predicted octanol–water partition coefficient (Wildman–Crippen LogP) is 5.33. The van der Waals surface area contributed by atoms with E-state index in [-0.39, 0.29) is 5.78 Å². The van der Waals surface area contributed by atoms with Crippen molar-refractivity contribution in [3.63, 3.8) is 0 Å². The molecule has 4 nitrogen and oxygen atoms in total. The molecule has 2 heterocycles. The molecule has 0 radical (unpaired) electrons. The number of aromatic nitrogens is 3. The van der Waals surface area contributed by atoms with Crippen LogP contribution >= 0.6 is 0 Å². The Morgan fingerprint density at radius 3 is 2.33 bits per heavy atom. The van der Waals surface area contributed by atoms with E-state index < -0.39 is 0 Å². The molecule has 0 bridgehead atoms. The van der Waals surface area contributed by atoms with E-state index in [1.807, 2.05) is 36.7 Å². The highest BCUT2D eigenvalue weighted by Crippen LogP contribution is 2.22. The second-order valence-corrected chi connectivity index (χ2v) is 7.92. The van der Waals surface area contributed by atoms with Gasteiger partial charge in [-0.3, -0.25) is 4.79 Å². The monoisotopic (exact) mass is 403 g/mol. The Morgan fingerprint density at radius 1 is 1.07 bits per heavy atom. The zero-order valence-corrected chi connectivity index (χ0v) is 18.4. The molecule has 4 heteroatoms. The lowest BCUT2D eigenvalue weighted by Gasteiger charge is -2.11. The summed E-state index contributed by atoms with van der Waals surface area (Å²) < 4.78 is 0. The van der Waals surface area contributed by atoms with Crippen molar-refractivity contribution in [1.82, 2.24) is 15.0 Å². The van der Waals surface area contributed by atoms with Crippen molar-refractivity contribution in [2.75, 3.05) is 0 Å². The zero-order valence-electron chi connectivity index (χ0n) is 18.4. The van der Waals surface area contributed by atoms with Crippen LogP contribution in [0.5, 0.6) is 0 Å². The van der Waals surface area contributed by atoms with Crippen LogP contribution in [0.4, 0.5) is 0 Å². The number of rotatable bonds is 7. The molecule has 0 saturated carbocycles. The summed E-state index contributed by atoms with van der Waals surface area (Å²) in [6.45, 7) is 6.05. The van der Waals surface area contributed by atoms with Crippen molar-refractivity contribution >= 4 is 17.9 Å². The highest BCUT2D eigenvalue weighted by Gasteiger charge is 2.10. The molecular formula is C26H33N3O. The normalized spacial score (nSPS) is 12.4. The van der Waals surface area contributed by atoms with E-state index in [1.165, 1.54) is 42.1 Å². The van der Waals surface area contributed by atoms with Gasteiger partial charge in [-0.05, 0) is 49.5 Å². The Labute approximate surface area is 179 Å². The molecule has 2 N–H and O–H groups in total. The minimum absolute atomic E-state index is 0.106. The van der Waals surface area contributed by atoms with Crippen molar-refractivity contribution in [2.24, 2.45) is 0 Å². The standard InChI is InChI=1S/C16H15NO.C10H18N2/c1-11(18)12-6-8-13(9-7-12)16-10-14-4-2-3-5-15(14)17-16;1-3-5-9(6-4-2)10-11-7-8-12-10/h4-10,17H,2-3H2,1H3;7-9H,3-6H2,1-2H3,(H,11,12). The van der Waals surface area contributed by atoms with Gasteiger partial charge < -0.3 is 9.97 Å². The quantitative estimate of drug-likeness (QED) is 0.524. The van der Waals surface area contributed by atoms with Crippen molar-refractivity contribution in [1.29, 1.82) is 0 Å². The third-order valence-electron chi connectivity index (χ3n) is 5.54. The Kier molecular flexibility index (Phi) is 7.83. The largest absolute Gasteiger partial charge is 0.355 e. The second kappa shape index (κ2) is 10.8. The highest BCUT2D eigenvalue weighted by atomic mass is 16.1. The van der Waals surface area contributed by atoms with E-state index in [0.29, 0.717) is 5.92 Å². The summed E-state index contributed by atoms with van der Waals surface area (Å²) in [5.41, 5.74) is 2.99. The SMILES string of the molecule is CC(=O)c1ccc(-c2cc3c([nH]2)=CCCC=3)cc1.CCCC(CCC)c1ncc[nH]1. The van der Waals surface area contributed by atoms with Gasteiger partial charge in [-0.2, -0.15) is 0 Å². The van der Waals surface area contributed by atoms with Crippen LogP contribution in [0, 0.1) is 0 Å². The first-order valence-electron chi connectivity index (χ1n) is 11.1. The van der Waals surface area contributed by atoms with Gasteiger partial charge in [0.15, 0.2) is 5.78 Å². The smallest absolute Gasteiger partial charge is 0.159 e. The first kappa shape index (κ1) is 21.8. The van der Waals surface area contributed by atoms with Crippen molar-refractivity contribution in [3.8, 4) is 11.3 Å². The molecule has 0 aliphatic heterocycles. The zero-order chi connectivity index (χ0) is 21.3. The highest BCUT2D eigenvalue weighted by molar-refractivity contribution is 5.94. The topological polar surface area (TPSA) is 61.5 Å². The van der Waals surface area contributed by atoms with Gasteiger partial charge in [0.2, 0.25) is 0 Å². The minimum atomic E-state index is 0.106. The number of hydrogen-bond donors (Lipinski definition) is 2. The summed E-state index contributed by atoms with van der Waals surface area (Å²) in [6.07, 6.45) is 15.5. The molecule has 2 aromatic heterocycles. The van der Waals surface area contributed by atoms with Gasteiger partial charge >= 0.3 is 0 Å². The molecular weight excluding hydrogens is 370 g/mol. The predicted molar refractivity (Wildman–Crippen MR) is 125 cm³/mol. The first-order valence-corrected chi connectivity index (χ1v) is 11.1. The number of hydrogen-bond acceptors (Lipinski definition) is 2. The van der Waals surface area contributed by atoms with Gasteiger partial charge in [-0.1, -0.05) is 63.1 Å². The summed E-state index contributed by atoms with van der Waals surface area (Å²) in [5.74, 6) is 1.92. The fraction of sp³-hybridized carbons (Fsp3) is 0.385. The van der Waals surface area contributed by atoms with Crippen LogP contribution in [0.25, 0.3) is 23.4 Å². The number of imidazole rings is 1. The molecule has 0 fully saturated rings. The molecule has 0 saturated heterocycles. The van der Waals surface area contributed by atoms with Gasteiger partial charge in [0.05, 0.1) is 0 Å². The molecule has 0 spiro atoms. The number of H-pyrrole nitrogens is 2. The molecule has 4 rings (SSSR count). The number of carbonyl (C=O) groups is 1. The van der Waals surface area contributed by atoms with E-state index in [0.717, 1.165) is 29.7 Å². The Bertz CT molecular complexity index is 1000. The van der Waals surface area contributed by atoms with Crippen LogP contribution in [-0.4, -0.2) is 20.7 Å². The average Bonchev–Trinajstić information content (AvgIpc) is 3.44. The number of benzene rings is 1. The minimum Gasteiger partial charge on any atom is -0.355 e. The van der Waals surface area contributed by atoms with Crippen molar-refractivity contribution in [2.45, 2.75) is 65.2 Å². The summed E-state index contributed by atoms with van der Waals surface area (Å²) in [7, 11) is 0. The molecule has 1 aliphatic carbocycles. The Morgan fingerprint density at radius 2 is 1.77 bits per heavy atom. The van der Waals surface area contributed by atoms with Crippen LogP contribution in [-0.2, 0) is 0 Å². The molecule has 30 heavy (non-hydrogen) atoms. The fourth-order valence-corrected chi connectivity index (χ4v) is 3.95. The lowest BCUT2D eigenvalue weighted by molar-refractivity contribution is 0.101. The van der Waals surface area contributed by atoms with Crippen molar-refractivity contribution < 1.29 is 4.79 Å². The molecule has 158 valence electrons. The number of nitrogens with zero attached hydrogens (tertiary/aromatic N) is 1. The molecule has 0 unspecified atom stereocenters. The summed E-state index contributed by atoms with van der Waals surface area (Å²) in [4.78, 5) is 22.2. The second-order valence-electron chi connectivity index (χ2n) is 7.92. The maximum atomic E-state index is 11.2. The number of fused-ring (bicyclic) bond motifs is 1. The van der Waals surface area contributed by atoms with Gasteiger partial charge in [0, 0.05) is 34.9 Å². The van der Waals surface area contributed by atoms with Gasteiger partial charge in [-0.25, -0.2) is 4.98 Å². The maximum absolute atomic E-state index is 11.2. The van der Waals surface area contributed by atoms with E-state index in [2.05, 4.69) is 47.0 Å². The molecule has 1 aromatic carbocycles. The molecule has 0 amide bonds. The fourth-order valence-electron chi connectivity index (χ4n) is 3.95. The first-order chi connectivity index (χ1) is 14.6. The summed E-state index contributed by atoms with van der Waals surface area (Å²) in [6, 6.07) is 9.92. The van der Waals surface area contributed by atoms with Crippen LogP contribution in [0.2, 0.25) is 0 Å². The van der Waals surface area contributed by atoms with E-state index >= 15 is 0 Å². The van der Waals surface area contributed by atoms with Crippen molar-refractivity contribution in [3.05, 3.63) is 64.7 Å². The summed E-state index contributed by atoms with van der Waals surface area (Å²) in [5, 5.41) is 2.50. The average molecular weight is 404 g/mol. The molecule has 1 aliphatic rings. The van der Waals surface area contributed by atoms with E-state index in [1.54, 1.807) is 6.92 Å². The molecule has 3 aromatic rings. The lowest BCUT2D eigenvalue weighted by atomic mass is 9.98. The number of aromatic amines is 2. The summed E-state index contributed by atoms with van der Waals surface area (Å²) >= 11 is 0. The Balaban J connectivity index is 0.000000187. The van der Waals surface area contributed by atoms with Crippen LogP contribution < -0.4 is 10.6 Å². The van der Waals surface area contributed by atoms with Gasteiger partial charge in [-0.15, -0.1) is 0 Å². The third kappa shape index (κ3) is 5.59. The number of Topliss-reactive ketones (excluding diaryl/α,β-unsaturated/α-hetero) is 1. The number of nitrogens with one attached hydrogen (secondary N) is 2. The van der Waals surface area contributed by atoms with Gasteiger partial charge in [0.1, 0.15) is 5.82 Å². The lowest BCUT2D eigenvalue weighted by Crippen LogP contribution is -2.23. The number of ketones is 1. The van der Waals surface area contributed by atoms with E-state index in [4.69, 9.17) is 0 Å². The van der Waals surface area contributed by atoms with Gasteiger partial charge in [0.25, 0.3) is 0 Å². The van der Waals surface area contributed by atoms with Crippen LogP contribution in [0.1, 0.15) is 81.4 Å².